The number of nitrogens with zero attached hydrogens (tertiary/aromatic N) is 2. The molecule has 8 heteroatoms. The van der Waals surface area contributed by atoms with E-state index in [0.717, 1.165) is 34.4 Å². The van der Waals surface area contributed by atoms with Gasteiger partial charge in [0.15, 0.2) is 0 Å². The van der Waals surface area contributed by atoms with Gasteiger partial charge in [0, 0.05) is 29.8 Å². The number of benzene rings is 1. The van der Waals surface area contributed by atoms with E-state index in [1.54, 1.807) is 24.4 Å². The first-order chi connectivity index (χ1) is 13.9. The summed E-state index contributed by atoms with van der Waals surface area (Å²) in [6.07, 6.45) is 4.62. The highest BCUT2D eigenvalue weighted by Gasteiger charge is 2.18. The van der Waals surface area contributed by atoms with Gasteiger partial charge in [-0.25, -0.2) is 8.42 Å². The smallest absolute Gasteiger partial charge is 0.271 e. The van der Waals surface area contributed by atoms with E-state index in [1.807, 2.05) is 50.6 Å². The number of hydrogen-bond donors (Lipinski definition) is 2. The van der Waals surface area contributed by atoms with Gasteiger partial charge in [0.2, 0.25) is 0 Å². The second-order valence-electron chi connectivity index (χ2n) is 7.07. The van der Waals surface area contributed by atoms with Crippen LogP contribution in [0.5, 0.6) is 0 Å². The van der Waals surface area contributed by atoms with E-state index >= 15 is 0 Å². The Morgan fingerprint density at radius 1 is 1.14 bits per heavy atom. The third-order valence-corrected chi connectivity index (χ3v) is 7.59. The van der Waals surface area contributed by atoms with Gasteiger partial charge in [-0.3, -0.25) is 9.71 Å². The number of H-pyrrole nitrogens is 1. The summed E-state index contributed by atoms with van der Waals surface area (Å²) in [7, 11) is 0.431. The average Bonchev–Trinajstić information content (AvgIpc) is 3.34. The zero-order chi connectivity index (χ0) is 20.4. The molecule has 0 spiro atoms. The van der Waals surface area contributed by atoms with Crippen molar-refractivity contribution in [3.05, 3.63) is 66.5 Å². The van der Waals surface area contributed by atoms with Crippen molar-refractivity contribution in [3.8, 4) is 10.6 Å². The largest absolute Gasteiger partial charge is 0.361 e. The summed E-state index contributed by atoms with van der Waals surface area (Å²) in [5.74, 6) is 0. The maximum atomic E-state index is 12.8. The predicted molar refractivity (Wildman–Crippen MR) is 119 cm³/mol. The van der Waals surface area contributed by atoms with E-state index in [0.29, 0.717) is 5.69 Å². The number of aromatic nitrogens is 2. The normalized spacial score (nSPS) is 12.0. The molecule has 0 saturated carbocycles. The van der Waals surface area contributed by atoms with Crippen molar-refractivity contribution in [2.24, 2.45) is 0 Å². The van der Waals surface area contributed by atoms with Crippen LogP contribution in [0, 0.1) is 0 Å². The SMILES string of the molecule is CN(C)CCc1c[nH]c2cc(NS(=O)(=O)c3ccc(-c4ccccn4)s3)ccc12. The van der Waals surface area contributed by atoms with Crippen LogP contribution in [0.2, 0.25) is 0 Å². The third kappa shape index (κ3) is 4.34. The summed E-state index contributed by atoms with van der Waals surface area (Å²) in [4.78, 5) is 10.5. The van der Waals surface area contributed by atoms with Crippen molar-refractivity contribution < 1.29 is 8.42 Å². The lowest BCUT2D eigenvalue weighted by atomic mass is 10.1. The van der Waals surface area contributed by atoms with Crippen molar-refractivity contribution in [2.75, 3.05) is 25.4 Å². The standard InChI is InChI=1S/C21H22N4O2S2/c1-25(2)12-10-15-14-23-19-13-16(6-7-17(15)19)24-29(26,27)21-9-8-20(28-21)18-5-3-4-11-22-18/h3-9,11,13-14,23-24H,10,12H2,1-2H3. The fourth-order valence-corrected chi connectivity index (χ4v) is 5.45. The van der Waals surface area contributed by atoms with Crippen molar-refractivity contribution in [3.63, 3.8) is 0 Å². The number of rotatable bonds is 7. The molecule has 0 amide bonds. The summed E-state index contributed by atoms with van der Waals surface area (Å²) in [5, 5.41) is 1.11. The average molecular weight is 427 g/mol. The highest BCUT2D eigenvalue weighted by atomic mass is 32.2. The van der Waals surface area contributed by atoms with E-state index in [1.165, 1.54) is 16.9 Å². The lowest BCUT2D eigenvalue weighted by molar-refractivity contribution is 0.414. The zero-order valence-electron chi connectivity index (χ0n) is 16.2. The van der Waals surface area contributed by atoms with E-state index in [9.17, 15) is 8.42 Å². The van der Waals surface area contributed by atoms with Crippen LogP contribution in [0.1, 0.15) is 5.56 Å². The fraction of sp³-hybridized carbons (Fsp3) is 0.190. The maximum Gasteiger partial charge on any atom is 0.271 e. The van der Waals surface area contributed by atoms with Crippen molar-refractivity contribution in [1.82, 2.24) is 14.9 Å². The molecule has 4 rings (SSSR count). The maximum absolute atomic E-state index is 12.8. The fourth-order valence-electron chi connectivity index (χ4n) is 3.12. The van der Waals surface area contributed by atoms with E-state index in [2.05, 4.69) is 19.6 Å². The summed E-state index contributed by atoms with van der Waals surface area (Å²) in [6.45, 7) is 0.957. The Labute approximate surface area is 174 Å². The molecule has 150 valence electrons. The molecule has 0 fully saturated rings. The molecule has 6 nitrogen and oxygen atoms in total. The molecule has 0 radical (unpaired) electrons. The van der Waals surface area contributed by atoms with Crippen LogP contribution in [0.3, 0.4) is 0 Å². The van der Waals surface area contributed by atoms with Gasteiger partial charge in [0.1, 0.15) is 4.21 Å². The summed E-state index contributed by atoms with van der Waals surface area (Å²) in [5.41, 5.74) is 3.43. The van der Waals surface area contributed by atoms with Gasteiger partial charge in [-0.05, 0) is 62.5 Å². The van der Waals surface area contributed by atoms with Crippen LogP contribution in [-0.2, 0) is 16.4 Å². The number of aromatic amines is 1. The monoisotopic (exact) mass is 426 g/mol. The number of sulfonamides is 1. The highest BCUT2D eigenvalue weighted by Crippen LogP contribution is 2.31. The minimum absolute atomic E-state index is 0.261. The number of nitrogens with one attached hydrogen (secondary N) is 2. The minimum atomic E-state index is -3.66. The van der Waals surface area contributed by atoms with E-state index in [-0.39, 0.29) is 4.21 Å². The van der Waals surface area contributed by atoms with Crippen LogP contribution in [-0.4, -0.2) is 43.9 Å². The predicted octanol–water partition coefficient (Wildman–Crippen LogP) is 4.20. The van der Waals surface area contributed by atoms with Crippen molar-refractivity contribution >= 4 is 38.0 Å². The molecule has 0 aliphatic heterocycles. The third-order valence-electron chi connectivity index (χ3n) is 4.61. The first-order valence-corrected chi connectivity index (χ1v) is 11.5. The van der Waals surface area contributed by atoms with Gasteiger partial charge in [0.05, 0.1) is 16.3 Å². The summed E-state index contributed by atoms with van der Waals surface area (Å²) < 4.78 is 28.6. The van der Waals surface area contributed by atoms with Gasteiger partial charge < -0.3 is 9.88 Å². The lowest BCUT2D eigenvalue weighted by Gasteiger charge is -2.09. The molecule has 4 aromatic rings. The van der Waals surface area contributed by atoms with Gasteiger partial charge in [-0.2, -0.15) is 0 Å². The van der Waals surface area contributed by atoms with Gasteiger partial charge >= 0.3 is 0 Å². The Balaban J connectivity index is 1.55. The van der Waals surface area contributed by atoms with Gasteiger partial charge in [-0.15, -0.1) is 11.3 Å². The first-order valence-electron chi connectivity index (χ1n) is 9.21. The molecule has 2 N–H and O–H groups in total. The van der Waals surface area contributed by atoms with E-state index < -0.39 is 10.0 Å². The number of fused-ring (bicyclic) bond motifs is 1. The zero-order valence-corrected chi connectivity index (χ0v) is 17.8. The Kier molecular flexibility index (Phi) is 5.40. The van der Waals surface area contributed by atoms with Crippen LogP contribution in [0.4, 0.5) is 5.69 Å². The molecule has 3 heterocycles. The first kappa shape index (κ1) is 19.6. The van der Waals surface area contributed by atoms with Crippen LogP contribution in [0.25, 0.3) is 21.5 Å². The molecule has 0 atom stereocenters. The minimum Gasteiger partial charge on any atom is -0.361 e. The number of anilines is 1. The van der Waals surface area contributed by atoms with E-state index in [4.69, 9.17) is 0 Å². The molecule has 3 aromatic heterocycles. The topological polar surface area (TPSA) is 78.1 Å². The number of thiophene rings is 1. The Morgan fingerprint density at radius 2 is 2.00 bits per heavy atom. The number of likely N-dealkylation sites (N-methyl/N-ethyl adjacent to an activating group) is 1. The number of hydrogen-bond acceptors (Lipinski definition) is 5. The van der Waals surface area contributed by atoms with Crippen LogP contribution >= 0.6 is 11.3 Å². The Hall–Kier alpha value is -2.68. The van der Waals surface area contributed by atoms with Gasteiger partial charge in [-0.1, -0.05) is 12.1 Å². The molecule has 0 aliphatic rings. The second kappa shape index (κ2) is 7.98. The Bertz CT molecular complexity index is 1230. The Morgan fingerprint density at radius 3 is 2.76 bits per heavy atom. The molecule has 0 unspecified atom stereocenters. The van der Waals surface area contributed by atoms with Crippen molar-refractivity contribution in [2.45, 2.75) is 10.6 Å². The van der Waals surface area contributed by atoms with Crippen molar-refractivity contribution in [1.29, 1.82) is 0 Å². The number of pyridine rings is 1. The van der Waals surface area contributed by atoms with Crippen LogP contribution in [0.15, 0.2) is 65.1 Å². The molecule has 0 saturated heterocycles. The lowest BCUT2D eigenvalue weighted by Crippen LogP contribution is -2.14. The van der Waals surface area contributed by atoms with Crippen LogP contribution < -0.4 is 4.72 Å². The van der Waals surface area contributed by atoms with Gasteiger partial charge in [0.25, 0.3) is 10.0 Å². The second-order valence-corrected chi connectivity index (χ2v) is 10.1. The molecular formula is C21H22N4O2S2. The molecule has 1 aromatic carbocycles. The summed E-state index contributed by atoms with van der Waals surface area (Å²) >= 11 is 1.20. The molecule has 0 aliphatic carbocycles. The summed E-state index contributed by atoms with van der Waals surface area (Å²) in [6, 6.07) is 14.6. The quantitative estimate of drug-likeness (QED) is 0.464. The molecule has 29 heavy (non-hydrogen) atoms. The molecular weight excluding hydrogens is 404 g/mol. The molecule has 0 bridgehead atoms. The highest BCUT2D eigenvalue weighted by molar-refractivity contribution is 7.94.